The number of nitrogens with zero attached hydrogens (tertiary/aromatic N) is 3. The summed E-state index contributed by atoms with van der Waals surface area (Å²) in [7, 11) is -3.01. The molecule has 1 unspecified atom stereocenters. The lowest BCUT2D eigenvalue weighted by Crippen LogP contribution is -2.69. The van der Waals surface area contributed by atoms with Crippen LogP contribution < -0.4 is 15.7 Å². The van der Waals surface area contributed by atoms with E-state index in [0.29, 0.717) is 0 Å². The number of benzene rings is 7. The molecule has 0 fully saturated rings. The Hall–Kier alpha value is -7.21. The molecule has 0 bridgehead atoms. The molecule has 12 rings (SSSR count). The van der Waals surface area contributed by atoms with Gasteiger partial charge in [0.05, 0.1) is 27.5 Å². The number of aromatic nitrogens is 3. The van der Waals surface area contributed by atoms with E-state index >= 15 is 0 Å². The van der Waals surface area contributed by atoms with E-state index < -0.39 is 8.07 Å². The highest BCUT2D eigenvalue weighted by atomic mass is 28.3. The Morgan fingerprint density at radius 3 is 1.88 bits per heavy atom. The molecule has 0 radical (unpaired) electrons. The van der Waals surface area contributed by atoms with Gasteiger partial charge in [-0.05, 0) is 83.9 Å². The molecular formula is C53H37N3OSi. The van der Waals surface area contributed by atoms with Crippen LogP contribution in [0, 0.1) is 0 Å². The van der Waals surface area contributed by atoms with Gasteiger partial charge in [0.2, 0.25) is 0 Å². The second-order valence-corrected chi connectivity index (χ2v) is 19.2. The van der Waals surface area contributed by atoms with Gasteiger partial charge in [0, 0.05) is 37.9 Å². The summed E-state index contributed by atoms with van der Waals surface area (Å²) < 4.78 is 11.3. The normalized spacial score (nSPS) is 14.2. The Balaban J connectivity index is 1.17. The van der Waals surface area contributed by atoms with Crippen molar-refractivity contribution in [1.82, 2.24) is 14.1 Å². The smallest absolute Gasteiger partial charge is 0.198 e. The summed E-state index contributed by atoms with van der Waals surface area (Å²) in [4.78, 5) is 5.82. The molecule has 1 aliphatic rings. The van der Waals surface area contributed by atoms with Crippen LogP contribution >= 0.6 is 0 Å². The molecule has 11 aromatic rings. The molecular weight excluding hydrogens is 723 g/mol. The van der Waals surface area contributed by atoms with Crippen molar-refractivity contribution < 1.29 is 4.42 Å². The van der Waals surface area contributed by atoms with Gasteiger partial charge in [-0.1, -0.05) is 145 Å². The molecule has 58 heavy (non-hydrogen) atoms. The summed E-state index contributed by atoms with van der Waals surface area (Å²) >= 11 is 0. The zero-order valence-electron chi connectivity index (χ0n) is 31.7. The van der Waals surface area contributed by atoms with Crippen molar-refractivity contribution in [2.75, 3.05) is 0 Å². The Morgan fingerprint density at radius 1 is 0.500 bits per heavy atom. The standard InChI is InChI=1S/C53H37N3OSi/c1-3-18-37(19-4-1)58(38-20-5-2-6-21-38,51-32-16-31-50(54-51)56-46-28-12-7-23-40(46)41-24-8-13-29-47(41)56)39-22-15-17-36(35-39)55-45-27-11-9-25-42(45)43-33-34-49-52(53(43)55)44-26-10-14-30-48(44)57-49/h1-5,7-20,22-35H,6,21H2. The van der Waals surface area contributed by atoms with Gasteiger partial charge in [-0.3, -0.25) is 4.57 Å². The Bertz CT molecular complexity index is 3420. The fraction of sp³-hybridized carbons (Fsp3) is 0.0377. The molecule has 0 amide bonds. The number of allylic oxidation sites excluding steroid dienone is 4. The fourth-order valence-electron chi connectivity index (χ4n) is 9.94. The van der Waals surface area contributed by atoms with Crippen molar-refractivity contribution in [3.05, 3.63) is 205 Å². The van der Waals surface area contributed by atoms with Gasteiger partial charge in [0.25, 0.3) is 0 Å². The van der Waals surface area contributed by atoms with E-state index in [1.165, 1.54) is 48.1 Å². The third-order valence-corrected chi connectivity index (χ3v) is 17.1. The first-order valence-corrected chi connectivity index (χ1v) is 22.1. The van der Waals surface area contributed by atoms with Crippen LogP contribution in [0.4, 0.5) is 0 Å². The Labute approximate surface area is 336 Å². The van der Waals surface area contributed by atoms with E-state index in [1.54, 1.807) is 0 Å². The molecule has 0 spiro atoms. The summed E-state index contributed by atoms with van der Waals surface area (Å²) in [5.74, 6) is 0.933. The van der Waals surface area contributed by atoms with Crippen LogP contribution in [0.1, 0.15) is 12.8 Å². The maximum atomic E-state index is 6.49. The molecule has 4 heterocycles. The van der Waals surface area contributed by atoms with Crippen LogP contribution in [0.5, 0.6) is 0 Å². The van der Waals surface area contributed by atoms with Crippen molar-refractivity contribution >= 4 is 89.3 Å². The number of rotatable bonds is 6. The minimum atomic E-state index is -3.01. The van der Waals surface area contributed by atoms with Crippen LogP contribution in [0.2, 0.25) is 0 Å². The average molecular weight is 760 g/mol. The highest BCUT2D eigenvalue weighted by Crippen LogP contribution is 2.41. The van der Waals surface area contributed by atoms with Crippen LogP contribution in [-0.2, 0) is 0 Å². The monoisotopic (exact) mass is 759 g/mol. The molecule has 1 aliphatic carbocycles. The molecule has 7 aromatic carbocycles. The van der Waals surface area contributed by atoms with E-state index in [-0.39, 0.29) is 0 Å². The lowest BCUT2D eigenvalue weighted by molar-refractivity contribution is 0.669. The molecule has 5 heteroatoms. The zero-order chi connectivity index (χ0) is 38.2. The summed E-state index contributed by atoms with van der Waals surface area (Å²) in [6, 6.07) is 66.3. The van der Waals surface area contributed by atoms with Crippen molar-refractivity contribution in [3.63, 3.8) is 0 Å². The van der Waals surface area contributed by atoms with E-state index in [2.05, 4.69) is 203 Å². The first-order chi connectivity index (χ1) is 28.8. The number of fused-ring (bicyclic) bond motifs is 10. The fourth-order valence-corrected chi connectivity index (χ4v) is 14.8. The molecule has 0 saturated heterocycles. The highest BCUT2D eigenvalue weighted by Gasteiger charge is 2.45. The largest absolute Gasteiger partial charge is 0.456 e. The first kappa shape index (κ1) is 33.0. The summed E-state index contributed by atoms with van der Waals surface area (Å²) in [5, 5.41) is 12.4. The third kappa shape index (κ3) is 4.71. The predicted molar refractivity (Wildman–Crippen MR) is 244 cm³/mol. The van der Waals surface area contributed by atoms with E-state index in [0.717, 1.165) is 62.6 Å². The summed E-state index contributed by atoms with van der Waals surface area (Å²) in [6.45, 7) is 0. The molecule has 4 aromatic heterocycles. The SMILES string of the molecule is C1=CCCC([Si](c2ccccc2)(c2cccc(-n3c4ccccc4c4ccc5oc6ccccc6c5c43)c2)c2cccc(-n3c4ccccc4c4ccccc43)n2)=C1. The van der Waals surface area contributed by atoms with Crippen LogP contribution in [0.25, 0.3) is 77.1 Å². The van der Waals surface area contributed by atoms with Gasteiger partial charge in [0.1, 0.15) is 17.0 Å². The first-order valence-electron chi connectivity index (χ1n) is 20.1. The zero-order valence-corrected chi connectivity index (χ0v) is 32.7. The molecule has 0 aliphatic heterocycles. The van der Waals surface area contributed by atoms with Crippen LogP contribution in [0.15, 0.2) is 210 Å². The summed E-state index contributed by atoms with van der Waals surface area (Å²) in [5.41, 5.74) is 7.58. The van der Waals surface area contributed by atoms with Crippen molar-refractivity contribution in [2.24, 2.45) is 0 Å². The molecule has 274 valence electrons. The van der Waals surface area contributed by atoms with Gasteiger partial charge < -0.3 is 8.98 Å². The maximum absolute atomic E-state index is 6.49. The van der Waals surface area contributed by atoms with E-state index in [9.17, 15) is 0 Å². The van der Waals surface area contributed by atoms with Gasteiger partial charge in [-0.2, -0.15) is 0 Å². The number of hydrogen-bond acceptors (Lipinski definition) is 2. The average Bonchev–Trinajstić information content (AvgIpc) is 3.95. The number of hydrogen-bond donors (Lipinski definition) is 0. The number of para-hydroxylation sites is 4. The van der Waals surface area contributed by atoms with Crippen LogP contribution in [0.3, 0.4) is 0 Å². The minimum Gasteiger partial charge on any atom is -0.456 e. The second kappa shape index (κ2) is 12.9. The van der Waals surface area contributed by atoms with Gasteiger partial charge >= 0.3 is 0 Å². The Morgan fingerprint density at radius 2 is 1.14 bits per heavy atom. The number of furan rings is 1. The maximum Gasteiger partial charge on any atom is 0.198 e. The number of pyridine rings is 1. The van der Waals surface area contributed by atoms with Crippen molar-refractivity contribution in [1.29, 1.82) is 0 Å². The second-order valence-electron chi connectivity index (χ2n) is 15.4. The molecule has 0 saturated carbocycles. The molecule has 1 atom stereocenters. The predicted octanol–water partition coefficient (Wildman–Crippen LogP) is 11.5. The molecule has 4 nitrogen and oxygen atoms in total. The van der Waals surface area contributed by atoms with Crippen LogP contribution in [-0.4, -0.2) is 22.2 Å². The van der Waals surface area contributed by atoms with E-state index in [4.69, 9.17) is 9.40 Å². The van der Waals surface area contributed by atoms with Gasteiger partial charge in [-0.25, -0.2) is 4.98 Å². The van der Waals surface area contributed by atoms with Gasteiger partial charge in [0.15, 0.2) is 8.07 Å². The highest BCUT2D eigenvalue weighted by molar-refractivity contribution is 7.15. The molecule has 0 N–H and O–H groups in total. The van der Waals surface area contributed by atoms with E-state index in [1.807, 2.05) is 6.07 Å². The summed E-state index contributed by atoms with van der Waals surface area (Å²) in [6.07, 6.45) is 8.92. The lowest BCUT2D eigenvalue weighted by atomic mass is 10.1. The Kier molecular flexibility index (Phi) is 7.34. The topological polar surface area (TPSA) is 35.9 Å². The third-order valence-electron chi connectivity index (χ3n) is 12.3. The quantitative estimate of drug-likeness (QED) is 0.158. The van der Waals surface area contributed by atoms with Gasteiger partial charge in [-0.15, -0.1) is 0 Å². The van der Waals surface area contributed by atoms with Crippen molar-refractivity contribution in [2.45, 2.75) is 12.8 Å². The lowest BCUT2D eigenvalue weighted by Gasteiger charge is -2.36. The minimum absolute atomic E-state index is 0.896. The van der Waals surface area contributed by atoms with Crippen molar-refractivity contribution in [3.8, 4) is 11.5 Å².